The number of nitrogens with zero attached hydrogens (tertiary/aromatic N) is 5. The lowest BCUT2D eigenvalue weighted by Gasteiger charge is -2.36. The molecule has 0 spiro atoms. The molecule has 4 N–H and O–H groups in total. The number of piperazine rings is 1. The van der Waals surface area contributed by atoms with Crippen molar-refractivity contribution in [3.63, 3.8) is 0 Å². The second-order valence-corrected chi connectivity index (χ2v) is 7.67. The molecular formula is C20H20Cl2N8O. The Morgan fingerprint density at radius 1 is 1.00 bits per heavy atom. The number of nitrogen functional groups attached to an aromatic ring is 1. The number of hydrazine groups is 1. The number of hydrogen-bond donors (Lipinski definition) is 3. The summed E-state index contributed by atoms with van der Waals surface area (Å²) in [5.41, 5.74) is 12.2. The third kappa shape index (κ3) is 4.73. The molecule has 2 aromatic heterocycles. The first-order valence-electron chi connectivity index (χ1n) is 9.56. The van der Waals surface area contributed by atoms with Gasteiger partial charge in [-0.2, -0.15) is 0 Å². The van der Waals surface area contributed by atoms with Crippen LogP contribution in [-0.2, 0) is 0 Å². The lowest BCUT2D eigenvalue weighted by Crippen LogP contribution is -2.47. The lowest BCUT2D eigenvalue weighted by atomic mass is 10.2. The number of anilines is 4. The van der Waals surface area contributed by atoms with Gasteiger partial charge in [0.05, 0.1) is 10.6 Å². The number of rotatable bonds is 5. The van der Waals surface area contributed by atoms with Gasteiger partial charge in [-0.1, -0.05) is 29.3 Å². The number of nitrogens with one attached hydrogen (secondary N) is 2. The summed E-state index contributed by atoms with van der Waals surface area (Å²) < 4.78 is 0. The lowest BCUT2D eigenvalue weighted by molar-refractivity contribution is 0.0962. The van der Waals surface area contributed by atoms with Gasteiger partial charge in [0, 0.05) is 37.4 Å². The standard InChI is InChI=1S/C20H20Cl2N8O/c21-13-4-5-14(15(22)11-13)20(31)28-27-18-17(23)19(26-12-25-18)30-9-7-29(8-10-30)16-3-1-2-6-24-16/h1-6,11-12H,7-10,23H2,(H,28,31)(H,25,26,27). The van der Waals surface area contributed by atoms with E-state index in [9.17, 15) is 4.79 Å². The number of benzene rings is 1. The number of pyridine rings is 1. The minimum absolute atomic E-state index is 0.244. The molecule has 11 heteroatoms. The summed E-state index contributed by atoms with van der Waals surface area (Å²) in [6.07, 6.45) is 3.19. The van der Waals surface area contributed by atoms with E-state index in [-0.39, 0.29) is 10.6 Å². The van der Waals surface area contributed by atoms with Crippen molar-refractivity contribution >= 4 is 52.3 Å². The molecule has 1 aliphatic rings. The summed E-state index contributed by atoms with van der Waals surface area (Å²) in [5.74, 6) is 1.42. The van der Waals surface area contributed by atoms with E-state index < -0.39 is 5.91 Å². The molecule has 0 atom stereocenters. The molecule has 1 aromatic carbocycles. The number of carbonyl (C=O) groups excluding carboxylic acids is 1. The van der Waals surface area contributed by atoms with Gasteiger partial charge >= 0.3 is 0 Å². The summed E-state index contributed by atoms with van der Waals surface area (Å²) >= 11 is 12.0. The third-order valence-corrected chi connectivity index (χ3v) is 5.43. The predicted molar refractivity (Wildman–Crippen MR) is 123 cm³/mol. The van der Waals surface area contributed by atoms with Gasteiger partial charge in [0.25, 0.3) is 5.91 Å². The van der Waals surface area contributed by atoms with E-state index in [1.807, 2.05) is 18.2 Å². The van der Waals surface area contributed by atoms with Crippen molar-refractivity contribution in [1.82, 2.24) is 20.4 Å². The minimum Gasteiger partial charge on any atom is -0.393 e. The van der Waals surface area contributed by atoms with Gasteiger partial charge in [-0.05, 0) is 30.3 Å². The van der Waals surface area contributed by atoms with Crippen molar-refractivity contribution in [1.29, 1.82) is 0 Å². The maximum atomic E-state index is 12.4. The number of nitrogens with two attached hydrogens (primary N) is 1. The van der Waals surface area contributed by atoms with Crippen molar-refractivity contribution in [3.8, 4) is 0 Å². The smallest absolute Gasteiger partial charge is 0.271 e. The van der Waals surface area contributed by atoms with E-state index in [0.717, 1.165) is 32.0 Å². The Hall–Kier alpha value is -3.30. The number of aromatic nitrogens is 3. The van der Waals surface area contributed by atoms with E-state index in [0.29, 0.717) is 22.3 Å². The van der Waals surface area contributed by atoms with Crippen LogP contribution < -0.4 is 26.4 Å². The highest BCUT2D eigenvalue weighted by atomic mass is 35.5. The SMILES string of the molecule is Nc1c(NNC(=O)c2ccc(Cl)cc2Cl)ncnc1N1CCN(c2ccccn2)CC1. The average molecular weight is 459 g/mol. The topological polar surface area (TPSA) is 112 Å². The Kier molecular flexibility index (Phi) is 6.24. The maximum Gasteiger partial charge on any atom is 0.271 e. The molecule has 160 valence electrons. The number of carbonyl (C=O) groups is 1. The zero-order valence-electron chi connectivity index (χ0n) is 16.4. The van der Waals surface area contributed by atoms with E-state index in [1.165, 1.54) is 18.5 Å². The zero-order valence-corrected chi connectivity index (χ0v) is 17.9. The minimum atomic E-state index is -0.440. The Morgan fingerprint density at radius 3 is 2.48 bits per heavy atom. The molecule has 0 saturated carbocycles. The summed E-state index contributed by atoms with van der Waals surface area (Å²) in [7, 11) is 0. The fraction of sp³-hybridized carbons (Fsp3) is 0.200. The highest BCUT2D eigenvalue weighted by Gasteiger charge is 2.22. The number of hydrogen-bond acceptors (Lipinski definition) is 8. The Bertz CT molecular complexity index is 1070. The second-order valence-electron chi connectivity index (χ2n) is 6.82. The largest absolute Gasteiger partial charge is 0.393 e. The molecule has 4 rings (SSSR count). The van der Waals surface area contributed by atoms with E-state index in [1.54, 1.807) is 12.3 Å². The van der Waals surface area contributed by atoms with Crippen LogP contribution in [0.3, 0.4) is 0 Å². The molecule has 3 aromatic rings. The summed E-state index contributed by atoms with van der Waals surface area (Å²) in [4.78, 5) is 29.6. The zero-order chi connectivity index (χ0) is 21.8. The molecule has 1 saturated heterocycles. The van der Waals surface area contributed by atoms with Gasteiger partial charge in [-0.25, -0.2) is 15.0 Å². The normalized spacial score (nSPS) is 13.7. The fourth-order valence-electron chi connectivity index (χ4n) is 3.28. The van der Waals surface area contributed by atoms with Gasteiger partial charge in [0.1, 0.15) is 17.8 Å². The van der Waals surface area contributed by atoms with Gasteiger partial charge in [0.15, 0.2) is 11.6 Å². The second kappa shape index (κ2) is 9.23. The number of amides is 1. The van der Waals surface area contributed by atoms with Crippen LogP contribution in [-0.4, -0.2) is 47.0 Å². The molecule has 0 bridgehead atoms. The first-order chi connectivity index (χ1) is 15.0. The van der Waals surface area contributed by atoms with Crippen LogP contribution in [0.25, 0.3) is 0 Å². The van der Waals surface area contributed by atoms with Crippen molar-refractivity contribution in [2.45, 2.75) is 0 Å². The fourth-order valence-corrected chi connectivity index (χ4v) is 3.78. The molecule has 0 aliphatic carbocycles. The molecule has 1 fully saturated rings. The summed E-state index contributed by atoms with van der Waals surface area (Å²) in [6, 6.07) is 10.5. The monoisotopic (exact) mass is 458 g/mol. The molecular weight excluding hydrogens is 439 g/mol. The molecule has 9 nitrogen and oxygen atoms in total. The van der Waals surface area contributed by atoms with E-state index >= 15 is 0 Å². The third-order valence-electron chi connectivity index (χ3n) is 4.89. The molecule has 31 heavy (non-hydrogen) atoms. The Morgan fingerprint density at radius 2 is 1.77 bits per heavy atom. The van der Waals surface area contributed by atoms with E-state index in [4.69, 9.17) is 28.9 Å². The quantitative estimate of drug-likeness (QED) is 0.500. The van der Waals surface area contributed by atoms with Gasteiger partial charge in [0.2, 0.25) is 0 Å². The van der Waals surface area contributed by atoms with Gasteiger partial charge < -0.3 is 15.5 Å². The van der Waals surface area contributed by atoms with Crippen molar-refractivity contribution in [2.75, 3.05) is 47.1 Å². The van der Waals surface area contributed by atoms with Crippen molar-refractivity contribution in [2.24, 2.45) is 0 Å². The maximum absolute atomic E-state index is 12.4. The summed E-state index contributed by atoms with van der Waals surface area (Å²) in [6.45, 7) is 3.03. The average Bonchev–Trinajstić information content (AvgIpc) is 2.79. The van der Waals surface area contributed by atoms with Crippen LogP contribution in [0.5, 0.6) is 0 Å². The predicted octanol–water partition coefficient (Wildman–Crippen LogP) is 2.84. The molecule has 0 radical (unpaired) electrons. The molecule has 1 amide bonds. The Balaban J connectivity index is 1.41. The van der Waals surface area contributed by atoms with Crippen LogP contribution in [0.1, 0.15) is 10.4 Å². The van der Waals surface area contributed by atoms with Crippen molar-refractivity contribution < 1.29 is 4.79 Å². The highest BCUT2D eigenvalue weighted by molar-refractivity contribution is 6.36. The number of halogens is 2. The van der Waals surface area contributed by atoms with Crippen LogP contribution in [0.4, 0.5) is 23.1 Å². The first-order valence-corrected chi connectivity index (χ1v) is 10.3. The molecule has 1 aliphatic heterocycles. The Labute approximate surface area is 189 Å². The van der Waals surface area contributed by atoms with E-state index in [2.05, 4.69) is 35.6 Å². The molecule has 0 unspecified atom stereocenters. The highest BCUT2D eigenvalue weighted by Crippen LogP contribution is 2.27. The van der Waals surface area contributed by atoms with Crippen LogP contribution >= 0.6 is 23.2 Å². The molecule has 3 heterocycles. The van der Waals surface area contributed by atoms with Gasteiger partial charge in [-0.3, -0.25) is 15.6 Å². The van der Waals surface area contributed by atoms with Crippen molar-refractivity contribution in [3.05, 3.63) is 64.5 Å². The van der Waals surface area contributed by atoms with Gasteiger partial charge in [-0.15, -0.1) is 0 Å². The van der Waals surface area contributed by atoms with Crippen LogP contribution in [0, 0.1) is 0 Å². The van der Waals surface area contributed by atoms with Crippen LogP contribution in [0.15, 0.2) is 48.9 Å². The van der Waals surface area contributed by atoms with Crippen LogP contribution in [0.2, 0.25) is 10.0 Å². The first kappa shape index (κ1) is 21.0. The summed E-state index contributed by atoms with van der Waals surface area (Å²) in [5, 5.41) is 0.691.